The fourth-order valence-corrected chi connectivity index (χ4v) is 3.87. The SMILES string of the molecule is CCOC(=O)c1sc(NC(=S)NCc2ccc(C(=O)O)cc2)c(C(=O)OCC)c1C. The smallest absolute Gasteiger partial charge is 0.348 e. The largest absolute Gasteiger partial charge is 0.478 e. The Morgan fingerprint density at radius 1 is 1.07 bits per heavy atom. The van der Waals surface area contributed by atoms with Crippen LogP contribution in [0.1, 0.15) is 55.4 Å². The second kappa shape index (κ2) is 10.7. The first-order valence-electron chi connectivity index (χ1n) is 9.13. The molecule has 8 nitrogen and oxygen atoms in total. The monoisotopic (exact) mass is 450 g/mol. The van der Waals surface area contributed by atoms with Crippen molar-refractivity contribution in [2.45, 2.75) is 27.3 Å². The van der Waals surface area contributed by atoms with Gasteiger partial charge in [0.25, 0.3) is 0 Å². The van der Waals surface area contributed by atoms with Crippen LogP contribution in [0, 0.1) is 6.92 Å². The second-order valence-corrected chi connectivity index (χ2v) is 7.44. The number of ether oxygens (including phenoxy) is 2. The first-order valence-corrected chi connectivity index (χ1v) is 10.4. The molecule has 160 valence electrons. The van der Waals surface area contributed by atoms with Gasteiger partial charge in [-0.3, -0.25) is 0 Å². The van der Waals surface area contributed by atoms with E-state index in [-0.39, 0.29) is 29.5 Å². The Morgan fingerprint density at radius 2 is 1.67 bits per heavy atom. The molecule has 2 aromatic rings. The maximum atomic E-state index is 12.4. The molecule has 0 fully saturated rings. The summed E-state index contributed by atoms with van der Waals surface area (Å²) < 4.78 is 10.2. The van der Waals surface area contributed by atoms with Crippen LogP contribution < -0.4 is 10.6 Å². The van der Waals surface area contributed by atoms with E-state index in [4.69, 9.17) is 26.8 Å². The number of rotatable bonds is 8. The van der Waals surface area contributed by atoms with Crippen molar-refractivity contribution in [3.63, 3.8) is 0 Å². The summed E-state index contributed by atoms with van der Waals surface area (Å²) in [6.45, 7) is 5.80. The molecule has 1 heterocycles. The third kappa shape index (κ3) is 5.77. The minimum absolute atomic E-state index is 0.192. The number of hydrogen-bond acceptors (Lipinski definition) is 7. The maximum Gasteiger partial charge on any atom is 0.348 e. The summed E-state index contributed by atoms with van der Waals surface area (Å²) in [5, 5.41) is 15.5. The number of thiophene rings is 1. The first-order chi connectivity index (χ1) is 14.3. The van der Waals surface area contributed by atoms with E-state index in [2.05, 4.69) is 10.6 Å². The van der Waals surface area contributed by atoms with E-state index in [1.807, 2.05) is 0 Å². The van der Waals surface area contributed by atoms with Gasteiger partial charge < -0.3 is 25.2 Å². The Labute approximate surface area is 183 Å². The highest BCUT2D eigenvalue weighted by atomic mass is 32.1. The van der Waals surface area contributed by atoms with E-state index in [1.54, 1.807) is 32.9 Å². The molecule has 1 aromatic carbocycles. The molecule has 0 aliphatic heterocycles. The number of benzene rings is 1. The van der Waals surface area contributed by atoms with E-state index < -0.39 is 17.9 Å². The predicted octanol–water partition coefficient (Wildman–Crippen LogP) is 3.59. The van der Waals surface area contributed by atoms with Crippen LogP contribution in [0.3, 0.4) is 0 Å². The summed E-state index contributed by atoms with van der Waals surface area (Å²) >= 11 is 6.37. The highest BCUT2D eigenvalue weighted by molar-refractivity contribution is 7.80. The Morgan fingerprint density at radius 3 is 2.23 bits per heavy atom. The maximum absolute atomic E-state index is 12.4. The van der Waals surface area contributed by atoms with Gasteiger partial charge in [-0.15, -0.1) is 11.3 Å². The number of aromatic carboxylic acids is 1. The minimum atomic E-state index is -0.997. The molecule has 0 atom stereocenters. The molecular formula is C20H22N2O6S2. The minimum Gasteiger partial charge on any atom is -0.478 e. The molecule has 0 saturated heterocycles. The number of esters is 2. The molecule has 0 radical (unpaired) electrons. The average Bonchev–Trinajstić information content (AvgIpc) is 3.03. The molecule has 0 aliphatic carbocycles. The van der Waals surface area contributed by atoms with Gasteiger partial charge in [-0.1, -0.05) is 12.1 Å². The highest BCUT2D eigenvalue weighted by Crippen LogP contribution is 2.34. The number of thiocarbonyl (C=S) groups is 1. The van der Waals surface area contributed by atoms with Gasteiger partial charge in [0, 0.05) is 6.54 Å². The lowest BCUT2D eigenvalue weighted by molar-refractivity contribution is 0.0526. The van der Waals surface area contributed by atoms with Crippen molar-refractivity contribution in [3.05, 3.63) is 51.4 Å². The first kappa shape index (κ1) is 23.3. The van der Waals surface area contributed by atoms with Crippen molar-refractivity contribution in [1.82, 2.24) is 5.32 Å². The zero-order chi connectivity index (χ0) is 22.3. The molecule has 30 heavy (non-hydrogen) atoms. The van der Waals surface area contributed by atoms with Crippen LogP contribution in [-0.4, -0.2) is 41.3 Å². The topological polar surface area (TPSA) is 114 Å². The van der Waals surface area contributed by atoms with Crippen molar-refractivity contribution in [2.75, 3.05) is 18.5 Å². The zero-order valence-electron chi connectivity index (χ0n) is 16.7. The van der Waals surface area contributed by atoms with Crippen LogP contribution >= 0.6 is 23.6 Å². The van der Waals surface area contributed by atoms with Gasteiger partial charge in [-0.2, -0.15) is 0 Å². The number of hydrogen-bond donors (Lipinski definition) is 3. The lowest BCUT2D eigenvalue weighted by Gasteiger charge is -2.11. The van der Waals surface area contributed by atoms with Gasteiger partial charge >= 0.3 is 17.9 Å². The fourth-order valence-electron chi connectivity index (χ4n) is 2.54. The summed E-state index contributed by atoms with van der Waals surface area (Å²) in [6, 6.07) is 6.36. The van der Waals surface area contributed by atoms with Gasteiger partial charge in [-0.05, 0) is 56.2 Å². The van der Waals surface area contributed by atoms with Crippen molar-refractivity contribution >= 4 is 51.6 Å². The fraction of sp³-hybridized carbons (Fsp3) is 0.300. The van der Waals surface area contributed by atoms with Gasteiger partial charge in [0.05, 0.1) is 24.3 Å². The van der Waals surface area contributed by atoms with Crippen LogP contribution in [0.2, 0.25) is 0 Å². The predicted molar refractivity (Wildman–Crippen MR) is 117 cm³/mol. The molecule has 0 bridgehead atoms. The summed E-state index contributed by atoms with van der Waals surface area (Å²) in [6.07, 6.45) is 0. The van der Waals surface area contributed by atoms with E-state index in [9.17, 15) is 14.4 Å². The molecule has 0 unspecified atom stereocenters. The van der Waals surface area contributed by atoms with E-state index in [0.29, 0.717) is 22.0 Å². The molecule has 2 rings (SSSR count). The second-order valence-electron chi connectivity index (χ2n) is 6.01. The Kier molecular flexibility index (Phi) is 8.31. The molecule has 0 spiro atoms. The molecule has 0 aliphatic rings. The van der Waals surface area contributed by atoms with E-state index in [0.717, 1.165) is 16.9 Å². The summed E-state index contributed by atoms with van der Waals surface area (Å²) in [5.41, 5.74) is 1.72. The van der Waals surface area contributed by atoms with Gasteiger partial charge in [0.2, 0.25) is 0 Å². The Balaban J connectivity index is 2.15. The van der Waals surface area contributed by atoms with Crippen molar-refractivity contribution in [1.29, 1.82) is 0 Å². The third-order valence-corrected chi connectivity index (χ3v) is 5.40. The zero-order valence-corrected chi connectivity index (χ0v) is 18.4. The Bertz CT molecular complexity index is 953. The normalized spacial score (nSPS) is 10.2. The van der Waals surface area contributed by atoms with Gasteiger partial charge in [0.1, 0.15) is 9.88 Å². The van der Waals surface area contributed by atoms with Crippen molar-refractivity contribution in [2.24, 2.45) is 0 Å². The lowest BCUT2D eigenvalue weighted by atomic mass is 10.1. The van der Waals surface area contributed by atoms with Gasteiger partial charge in [0.15, 0.2) is 5.11 Å². The number of carbonyl (C=O) groups is 3. The molecule has 1 aromatic heterocycles. The Hall–Kier alpha value is -2.98. The number of carboxylic acids is 1. The van der Waals surface area contributed by atoms with E-state index >= 15 is 0 Å². The number of nitrogens with one attached hydrogen (secondary N) is 2. The summed E-state index contributed by atoms with van der Waals surface area (Å²) in [7, 11) is 0. The van der Waals surface area contributed by atoms with Crippen LogP contribution in [-0.2, 0) is 16.0 Å². The molecule has 3 N–H and O–H groups in total. The van der Waals surface area contributed by atoms with Crippen molar-refractivity contribution < 1.29 is 29.0 Å². The molecular weight excluding hydrogens is 428 g/mol. The lowest BCUT2D eigenvalue weighted by Crippen LogP contribution is -2.28. The molecule has 10 heteroatoms. The van der Waals surface area contributed by atoms with Crippen LogP contribution in [0.5, 0.6) is 0 Å². The quantitative estimate of drug-likeness (QED) is 0.410. The van der Waals surface area contributed by atoms with E-state index in [1.165, 1.54) is 12.1 Å². The molecule has 0 saturated carbocycles. The third-order valence-electron chi connectivity index (χ3n) is 3.97. The van der Waals surface area contributed by atoms with Gasteiger partial charge in [-0.25, -0.2) is 14.4 Å². The van der Waals surface area contributed by atoms with Crippen LogP contribution in [0.15, 0.2) is 24.3 Å². The average molecular weight is 451 g/mol. The molecule has 0 amide bonds. The number of carboxylic acid groups (broad SMARTS) is 1. The number of anilines is 1. The highest BCUT2D eigenvalue weighted by Gasteiger charge is 2.26. The summed E-state index contributed by atoms with van der Waals surface area (Å²) in [5.74, 6) is -2.07. The van der Waals surface area contributed by atoms with Crippen LogP contribution in [0.25, 0.3) is 0 Å². The number of carbonyl (C=O) groups excluding carboxylic acids is 2. The summed E-state index contributed by atoms with van der Waals surface area (Å²) in [4.78, 5) is 35.8. The van der Waals surface area contributed by atoms with Crippen LogP contribution in [0.4, 0.5) is 5.00 Å². The van der Waals surface area contributed by atoms with Crippen molar-refractivity contribution in [3.8, 4) is 0 Å². The standard InChI is InChI=1S/C20H22N2O6S2/c1-4-27-18(25)14-11(3)15(19(26)28-5-2)30-16(14)22-20(29)21-10-12-6-8-13(9-7-12)17(23)24/h6-9H,4-5,10H2,1-3H3,(H,23,24)(H2,21,22,29).